The van der Waals surface area contributed by atoms with Gasteiger partial charge in [0.1, 0.15) is 0 Å². The first-order valence-electron chi connectivity index (χ1n) is 7.86. The van der Waals surface area contributed by atoms with Gasteiger partial charge >= 0.3 is 0 Å². The van der Waals surface area contributed by atoms with Crippen LogP contribution in [0.3, 0.4) is 0 Å². The van der Waals surface area contributed by atoms with Crippen molar-refractivity contribution in [2.75, 3.05) is 20.2 Å². The first-order valence-corrected chi connectivity index (χ1v) is 7.86. The van der Waals surface area contributed by atoms with Crippen molar-refractivity contribution in [3.63, 3.8) is 0 Å². The molecule has 2 rings (SSSR count). The molecule has 0 aromatic carbocycles. The normalized spacial score (nSPS) is 22.4. The first-order chi connectivity index (χ1) is 9.54. The number of rotatable bonds is 7. The van der Waals surface area contributed by atoms with E-state index in [0.717, 1.165) is 24.8 Å². The Hall–Kier alpha value is -1.03. The van der Waals surface area contributed by atoms with Crippen LogP contribution in [0.1, 0.15) is 58.2 Å². The quantitative estimate of drug-likeness (QED) is 0.833. The number of hydrogen-bond acceptors (Lipinski definition) is 3. The molecule has 0 spiro atoms. The van der Waals surface area contributed by atoms with E-state index in [4.69, 9.17) is 4.74 Å². The summed E-state index contributed by atoms with van der Waals surface area (Å²) in [4.78, 5) is 0. The molecule has 0 bridgehead atoms. The molecular formula is C16H29N3O. The van der Waals surface area contributed by atoms with E-state index in [1.54, 1.807) is 7.11 Å². The molecule has 4 nitrogen and oxygen atoms in total. The summed E-state index contributed by atoms with van der Waals surface area (Å²) < 4.78 is 7.66. The average Bonchev–Trinajstić information content (AvgIpc) is 2.76. The molecule has 1 aliphatic carbocycles. The van der Waals surface area contributed by atoms with Crippen LogP contribution in [0.5, 0.6) is 5.75 Å². The second-order valence-electron chi connectivity index (χ2n) is 6.63. The van der Waals surface area contributed by atoms with Crippen molar-refractivity contribution >= 4 is 0 Å². The first kappa shape index (κ1) is 15.4. The number of hydrogen-bond donors (Lipinski definition) is 1. The van der Waals surface area contributed by atoms with Gasteiger partial charge in [-0.3, -0.25) is 4.68 Å². The van der Waals surface area contributed by atoms with E-state index in [1.807, 2.05) is 6.20 Å². The lowest BCUT2D eigenvalue weighted by molar-refractivity contribution is 0.223. The van der Waals surface area contributed by atoms with Crippen LogP contribution < -0.4 is 10.1 Å². The van der Waals surface area contributed by atoms with E-state index in [0.29, 0.717) is 17.9 Å². The highest BCUT2D eigenvalue weighted by molar-refractivity contribution is 5.31. The van der Waals surface area contributed by atoms with E-state index in [9.17, 15) is 0 Å². The maximum absolute atomic E-state index is 5.52. The molecule has 1 aliphatic rings. The third-order valence-corrected chi connectivity index (χ3v) is 4.24. The Kier molecular flexibility index (Phi) is 5.08. The van der Waals surface area contributed by atoms with Gasteiger partial charge in [-0.1, -0.05) is 13.8 Å². The maximum atomic E-state index is 5.52. The Labute approximate surface area is 122 Å². The van der Waals surface area contributed by atoms with Crippen LogP contribution in [-0.2, 0) is 0 Å². The highest BCUT2D eigenvalue weighted by atomic mass is 16.5. The van der Waals surface area contributed by atoms with Gasteiger partial charge in [0.15, 0.2) is 5.75 Å². The van der Waals surface area contributed by atoms with Crippen LogP contribution in [0, 0.1) is 11.8 Å². The molecule has 0 radical (unpaired) electrons. The summed E-state index contributed by atoms with van der Waals surface area (Å²) in [5.41, 5.74) is 1.30. The number of aromatic nitrogens is 2. The lowest BCUT2D eigenvalue weighted by Crippen LogP contribution is -2.36. The lowest BCUT2D eigenvalue weighted by Gasteiger charge is -2.38. The molecule has 2 unspecified atom stereocenters. The van der Waals surface area contributed by atoms with Crippen molar-refractivity contribution in [2.24, 2.45) is 11.8 Å². The molecule has 4 heteroatoms. The summed E-state index contributed by atoms with van der Waals surface area (Å²) >= 11 is 0. The van der Waals surface area contributed by atoms with Crippen LogP contribution in [0.4, 0.5) is 0 Å². The predicted molar refractivity (Wildman–Crippen MR) is 82.3 cm³/mol. The highest BCUT2D eigenvalue weighted by Gasteiger charge is 2.36. The maximum Gasteiger partial charge on any atom is 0.160 e. The Balaban J connectivity index is 2.05. The van der Waals surface area contributed by atoms with Gasteiger partial charge in [0.25, 0.3) is 0 Å². The average molecular weight is 279 g/mol. The van der Waals surface area contributed by atoms with Gasteiger partial charge in [-0.2, -0.15) is 5.10 Å². The minimum Gasteiger partial charge on any atom is -0.493 e. The van der Waals surface area contributed by atoms with Crippen LogP contribution in [0.2, 0.25) is 0 Å². The summed E-state index contributed by atoms with van der Waals surface area (Å²) in [7, 11) is 1.75. The molecule has 0 aliphatic heterocycles. The second-order valence-corrected chi connectivity index (χ2v) is 6.63. The molecule has 1 aromatic heterocycles. The van der Waals surface area contributed by atoms with Crippen molar-refractivity contribution in [1.82, 2.24) is 15.1 Å². The summed E-state index contributed by atoms with van der Waals surface area (Å²) in [5, 5.41) is 8.10. The summed E-state index contributed by atoms with van der Waals surface area (Å²) in [6.45, 7) is 11.1. The lowest BCUT2D eigenvalue weighted by atomic mass is 9.71. The standard InChI is InChI=1S/C16H29N3O/c1-11(2)8-17-9-13-6-7-14(13)16-15(20-5)10-18-19(16)12(3)4/h10-14,17H,6-9H2,1-5H3. The zero-order chi connectivity index (χ0) is 14.7. The molecule has 2 atom stereocenters. The van der Waals surface area contributed by atoms with Crippen LogP contribution in [0.25, 0.3) is 0 Å². The number of ether oxygens (including phenoxy) is 1. The Morgan fingerprint density at radius 3 is 2.60 bits per heavy atom. The zero-order valence-corrected chi connectivity index (χ0v) is 13.5. The number of nitrogens with one attached hydrogen (secondary N) is 1. The van der Waals surface area contributed by atoms with Gasteiger partial charge in [0.05, 0.1) is 19.0 Å². The Morgan fingerprint density at radius 1 is 1.35 bits per heavy atom. The van der Waals surface area contributed by atoms with Crippen molar-refractivity contribution in [3.05, 3.63) is 11.9 Å². The van der Waals surface area contributed by atoms with E-state index in [1.165, 1.54) is 18.5 Å². The molecule has 1 N–H and O–H groups in total. The van der Waals surface area contributed by atoms with Crippen molar-refractivity contribution in [1.29, 1.82) is 0 Å². The highest BCUT2D eigenvalue weighted by Crippen LogP contribution is 2.46. The molecule has 1 aromatic rings. The van der Waals surface area contributed by atoms with Crippen molar-refractivity contribution in [3.8, 4) is 5.75 Å². The van der Waals surface area contributed by atoms with Crippen LogP contribution >= 0.6 is 0 Å². The summed E-state index contributed by atoms with van der Waals surface area (Å²) in [6, 6.07) is 0.388. The summed E-state index contributed by atoms with van der Waals surface area (Å²) in [5.74, 6) is 2.98. The van der Waals surface area contributed by atoms with Gasteiger partial charge in [-0.15, -0.1) is 0 Å². The zero-order valence-electron chi connectivity index (χ0n) is 13.5. The molecule has 20 heavy (non-hydrogen) atoms. The smallest absolute Gasteiger partial charge is 0.160 e. The van der Waals surface area contributed by atoms with E-state index >= 15 is 0 Å². The van der Waals surface area contributed by atoms with E-state index in [2.05, 4.69) is 42.8 Å². The minimum atomic E-state index is 0.388. The topological polar surface area (TPSA) is 39.1 Å². The van der Waals surface area contributed by atoms with E-state index < -0.39 is 0 Å². The Morgan fingerprint density at radius 2 is 2.10 bits per heavy atom. The largest absolute Gasteiger partial charge is 0.493 e. The van der Waals surface area contributed by atoms with E-state index in [-0.39, 0.29) is 0 Å². The van der Waals surface area contributed by atoms with Crippen LogP contribution in [0.15, 0.2) is 6.20 Å². The number of methoxy groups -OCH3 is 1. The third kappa shape index (κ3) is 3.17. The monoisotopic (exact) mass is 279 g/mol. The second kappa shape index (κ2) is 6.61. The fourth-order valence-corrected chi connectivity index (χ4v) is 3.01. The van der Waals surface area contributed by atoms with Crippen LogP contribution in [-0.4, -0.2) is 30.0 Å². The van der Waals surface area contributed by atoms with Gasteiger partial charge in [-0.05, 0) is 51.6 Å². The predicted octanol–water partition coefficient (Wildman–Crippen LogP) is 3.21. The van der Waals surface area contributed by atoms with Crippen molar-refractivity contribution < 1.29 is 4.74 Å². The number of nitrogens with zero attached hydrogens (tertiary/aromatic N) is 2. The minimum absolute atomic E-state index is 0.388. The molecule has 114 valence electrons. The van der Waals surface area contributed by atoms with Crippen molar-refractivity contribution in [2.45, 2.75) is 52.5 Å². The molecular weight excluding hydrogens is 250 g/mol. The Bertz CT molecular complexity index is 425. The molecule has 0 amide bonds. The molecule has 1 fully saturated rings. The summed E-state index contributed by atoms with van der Waals surface area (Å²) in [6.07, 6.45) is 4.43. The van der Waals surface area contributed by atoms with Gasteiger partial charge < -0.3 is 10.1 Å². The SMILES string of the molecule is COc1cnn(C(C)C)c1C1CCC1CNCC(C)C. The molecule has 1 saturated carbocycles. The molecule has 1 heterocycles. The fourth-order valence-electron chi connectivity index (χ4n) is 3.01. The van der Waals surface area contributed by atoms with Gasteiger partial charge in [0.2, 0.25) is 0 Å². The fraction of sp³-hybridized carbons (Fsp3) is 0.812. The van der Waals surface area contributed by atoms with Gasteiger partial charge in [0, 0.05) is 12.0 Å². The van der Waals surface area contributed by atoms with Gasteiger partial charge in [-0.25, -0.2) is 0 Å². The molecule has 0 saturated heterocycles. The third-order valence-electron chi connectivity index (χ3n) is 4.24.